The van der Waals surface area contributed by atoms with Crippen LogP contribution in [0.5, 0.6) is 0 Å². The van der Waals surface area contributed by atoms with Gasteiger partial charge in [-0.05, 0) is 12.1 Å². The monoisotopic (exact) mass is 308 g/mol. The summed E-state index contributed by atoms with van der Waals surface area (Å²) in [4.78, 5) is 26.3. The van der Waals surface area contributed by atoms with Gasteiger partial charge in [-0.2, -0.15) is 0 Å². The van der Waals surface area contributed by atoms with Gasteiger partial charge in [-0.15, -0.1) is 23.1 Å². The highest BCUT2D eigenvalue weighted by Gasteiger charge is 2.09. The third-order valence-electron chi connectivity index (χ3n) is 2.29. The summed E-state index contributed by atoms with van der Waals surface area (Å²) in [6, 6.07) is 9.23. The van der Waals surface area contributed by atoms with Crippen molar-refractivity contribution in [2.45, 2.75) is 5.75 Å². The second kappa shape index (κ2) is 7.06. The van der Waals surface area contributed by atoms with E-state index < -0.39 is 5.97 Å². The Morgan fingerprint density at radius 3 is 2.70 bits per heavy atom. The first kappa shape index (κ1) is 14.5. The van der Waals surface area contributed by atoms with Crippen LogP contribution in [0.2, 0.25) is 0 Å². The van der Waals surface area contributed by atoms with Gasteiger partial charge in [-0.1, -0.05) is 18.2 Å². The molecule has 1 aromatic heterocycles. The van der Waals surface area contributed by atoms with E-state index in [1.165, 1.54) is 28.5 Å². The van der Waals surface area contributed by atoms with Gasteiger partial charge in [-0.25, -0.2) is 9.78 Å². The van der Waals surface area contributed by atoms with Crippen LogP contribution in [0.3, 0.4) is 0 Å². The third-order valence-corrected chi connectivity index (χ3v) is 4.26. The standard InChI is InChI=1S/C13H12N2O3S2/c16-11(14-9-4-2-1-3-5-9)7-19-8-12-15-10(6-20-12)13(17)18/h1-6H,7-8H2,(H,14,16)(H,17,18). The molecule has 1 aromatic carbocycles. The summed E-state index contributed by atoms with van der Waals surface area (Å²) < 4.78 is 0. The number of thioether (sulfide) groups is 1. The molecule has 2 rings (SSSR count). The molecule has 0 aliphatic rings. The minimum Gasteiger partial charge on any atom is -0.476 e. The number of carboxylic acids is 1. The van der Waals surface area contributed by atoms with Crippen LogP contribution >= 0.6 is 23.1 Å². The number of aromatic nitrogens is 1. The molecule has 0 unspecified atom stereocenters. The largest absolute Gasteiger partial charge is 0.476 e. The van der Waals surface area contributed by atoms with Gasteiger partial charge < -0.3 is 10.4 Å². The highest BCUT2D eigenvalue weighted by Crippen LogP contribution is 2.17. The fourth-order valence-electron chi connectivity index (χ4n) is 1.43. The summed E-state index contributed by atoms with van der Waals surface area (Å²) in [6.07, 6.45) is 0. The lowest BCUT2D eigenvalue weighted by Gasteiger charge is -2.03. The number of hydrogen-bond donors (Lipinski definition) is 2. The third kappa shape index (κ3) is 4.36. The summed E-state index contributed by atoms with van der Waals surface area (Å²) in [5.41, 5.74) is 0.819. The second-order valence-electron chi connectivity index (χ2n) is 3.84. The van der Waals surface area contributed by atoms with Crippen molar-refractivity contribution in [2.24, 2.45) is 0 Å². The molecule has 104 valence electrons. The zero-order valence-corrected chi connectivity index (χ0v) is 12.0. The zero-order valence-electron chi connectivity index (χ0n) is 10.4. The number of hydrogen-bond acceptors (Lipinski definition) is 5. The van der Waals surface area contributed by atoms with Crippen LogP contribution in [0.25, 0.3) is 0 Å². The Morgan fingerprint density at radius 1 is 1.30 bits per heavy atom. The molecule has 0 aliphatic carbocycles. The van der Waals surface area contributed by atoms with Crippen molar-refractivity contribution in [1.82, 2.24) is 4.98 Å². The normalized spacial score (nSPS) is 10.2. The molecule has 1 amide bonds. The van der Waals surface area contributed by atoms with Crippen molar-refractivity contribution >= 4 is 40.7 Å². The number of para-hydroxylation sites is 1. The van der Waals surface area contributed by atoms with Gasteiger partial charge in [0, 0.05) is 16.8 Å². The lowest BCUT2D eigenvalue weighted by molar-refractivity contribution is -0.113. The molecule has 0 saturated carbocycles. The lowest BCUT2D eigenvalue weighted by atomic mass is 10.3. The van der Waals surface area contributed by atoms with E-state index in [4.69, 9.17) is 5.11 Å². The molecule has 0 bridgehead atoms. The number of rotatable bonds is 6. The van der Waals surface area contributed by atoms with Gasteiger partial charge in [0.1, 0.15) is 5.01 Å². The first-order valence-corrected chi connectivity index (χ1v) is 7.79. The Bertz CT molecular complexity index is 599. The smallest absolute Gasteiger partial charge is 0.355 e. The number of amides is 1. The van der Waals surface area contributed by atoms with Crippen molar-refractivity contribution in [3.05, 3.63) is 46.4 Å². The molecule has 20 heavy (non-hydrogen) atoms. The molecule has 5 nitrogen and oxygen atoms in total. The molecule has 2 N–H and O–H groups in total. The van der Waals surface area contributed by atoms with Crippen LogP contribution in [-0.2, 0) is 10.5 Å². The molecule has 0 fully saturated rings. The van der Waals surface area contributed by atoms with E-state index in [1.54, 1.807) is 0 Å². The zero-order chi connectivity index (χ0) is 14.4. The van der Waals surface area contributed by atoms with Crippen molar-refractivity contribution in [1.29, 1.82) is 0 Å². The highest BCUT2D eigenvalue weighted by molar-refractivity contribution is 7.99. The molecular formula is C13H12N2O3S2. The van der Waals surface area contributed by atoms with E-state index in [1.807, 2.05) is 30.3 Å². The summed E-state index contributed by atoms with van der Waals surface area (Å²) in [5, 5.41) is 13.7. The Kier molecular flexibility index (Phi) is 5.14. The number of carbonyl (C=O) groups is 2. The highest BCUT2D eigenvalue weighted by atomic mass is 32.2. The summed E-state index contributed by atoms with van der Waals surface area (Å²) >= 11 is 2.69. The Morgan fingerprint density at radius 2 is 2.05 bits per heavy atom. The summed E-state index contributed by atoms with van der Waals surface area (Å²) in [6.45, 7) is 0. The molecule has 0 spiro atoms. The number of nitrogens with zero attached hydrogens (tertiary/aromatic N) is 1. The maximum Gasteiger partial charge on any atom is 0.355 e. The number of anilines is 1. The van der Waals surface area contributed by atoms with Crippen LogP contribution in [-0.4, -0.2) is 27.7 Å². The fraction of sp³-hybridized carbons (Fsp3) is 0.154. The lowest BCUT2D eigenvalue weighted by Crippen LogP contribution is -2.13. The minimum absolute atomic E-state index is 0.0549. The average Bonchev–Trinajstić information content (AvgIpc) is 2.89. The van der Waals surface area contributed by atoms with E-state index in [-0.39, 0.29) is 11.6 Å². The van der Waals surface area contributed by atoms with Crippen molar-refractivity contribution < 1.29 is 14.7 Å². The molecule has 0 aliphatic heterocycles. The van der Waals surface area contributed by atoms with Crippen LogP contribution in [0, 0.1) is 0 Å². The molecule has 7 heteroatoms. The number of nitrogens with one attached hydrogen (secondary N) is 1. The van der Waals surface area contributed by atoms with Crippen molar-refractivity contribution in [2.75, 3.05) is 11.1 Å². The van der Waals surface area contributed by atoms with E-state index in [2.05, 4.69) is 10.3 Å². The maximum atomic E-state index is 11.7. The molecule has 0 atom stereocenters. The van der Waals surface area contributed by atoms with E-state index in [0.29, 0.717) is 16.5 Å². The number of thiazole rings is 1. The van der Waals surface area contributed by atoms with Crippen LogP contribution in [0.15, 0.2) is 35.7 Å². The van der Waals surface area contributed by atoms with Crippen LogP contribution < -0.4 is 5.32 Å². The average molecular weight is 308 g/mol. The van der Waals surface area contributed by atoms with Crippen molar-refractivity contribution in [3.63, 3.8) is 0 Å². The van der Waals surface area contributed by atoms with Crippen LogP contribution in [0.1, 0.15) is 15.5 Å². The summed E-state index contributed by atoms with van der Waals surface area (Å²) in [7, 11) is 0. The SMILES string of the molecule is O=C(CSCc1nc(C(=O)O)cs1)Nc1ccccc1. The van der Waals surface area contributed by atoms with E-state index in [9.17, 15) is 9.59 Å². The molecule has 0 radical (unpaired) electrons. The Labute approximate surface area is 124 Å². The van der Waals surface area contributed by atoms with Gasteiger partial charge in [-0.3, -0.25) is 4.79 Å². The van der Waals surface area contributed by atoms with Crippen molar-refractivity contribution in [3.8, 4) is 0 Å². The number of aromatic carboxylic acids is 1. The van der Waals surface area contributed by atoms with E-state index in [0.717, 1.165) is 5.69 Å². The van der Waals surface area contributed by atoms with Crippen LogP contribution in [0.4, 0.5) is 5.69 Å². The molecule has 2 aromatic rings. The van der Waals surface area contributed by atoms with Gasteiger partial charge >= 0.3 is 5.97 Å². The quantitative estimate of drug-likeness (QED) is 0.857. The van der Waals surface area contributed by atoms with E-state index >= 15 is 0 Å². The second-order valence-corrected chi connectivity index (χ2v) is 5.77. The van der Waals surface area contributed by atoms with Gasteiger partial charge in [0.25, 0.3) is 0 Å². The molecule has 1 heterocycles. The van der Waals surface area contributed by atoms with Gasteiger partial charge in [0.15, 0.2) is 5.69 Å². The predicted octanol–water partition coefficient (Wildman–Crippen LogP) is 2.71. The van der Waals surface area contributed by atoms with Gasteiger partial charge in [0.05, 0.1) is 5.75 Å². The Balaban J connectivity index is 1.75. The Hall–Kier alpha value is -1.86. The molecular weight excluding hydrogens is 296 g/mol. The topological polar surface area (TPSA) is 79.3 Å². The van der Waals surface area contributed by atoms with Gasteiger partial charge in [0.2, 0.25) is 5.91 Å². The number of carboxylic acid groups (broad SMARTS) is 1. The first-order valence-electron chi connectivity index (χ1n) is 5.75. The molecule has 0 saturated heterocycles. The first-order chi connectivity index (χ1) is 9.65. The predicted molar refractivity (Wildman–Crippen MR) is 80.3 cm³/mol. The summed E-state index contributed by atoms with van der Waals surface area (Å²) in [5.74, 6) is -0.285. The maximum absolute atomic E-state index is 11.7. The number of carbonyl (C=O) groups excluding carboxylic acids is 1. The fourth-order valence-corrected chi connectivity index (χ4v) is 3.10. The number of benzene rings is 1. The minimum atomic E-state index is -1.03.